The van der Waals surface area contributed by atoms with Crippen molar-refractivity contribution in [2.75, 3.05) is 36.4 Å². The van der Waals surface area contributed by atoms with E-state index in [-0.39, 0.29) is 11.8 Å². The van der Waals surface area contributed by atoms with Gasteiger partial charge in [0.15, 0.2) is 0 Å². The highest BCUT2D eigenvalue weighted by Crippen LogP contribution is 2.36. The van der Waals surface area contributed by atoms with Gasteiger partial charge in [-0.05, 0) is 42.7 Å². The van der Waals surface area contributed by atoms with Crippen LogP contribution in [0.1, 0.15) is 31.7 Å². The summed E-state index contributed by atoms with van der Waals surface area (Å²) >= 11 is 0. The summed E-state index contributed by atoms with van der Waals surface area (Å²) in [5.74, 6) is -1.77. The normalized spacial score (nSPS) is 20.9. The third-order valence-electron chi connectivity index (χ3n) is 6.65. The van der Waals surface area contributed by atoms with E-state index in [1.165, 1.54) is 0 Å². The summed E-state index contributed by atoms with van der Waals surface area (Å²) in [5, 5.41) is 5.09. The fourth-order valence-corrected chi connectivity index (χ4v) is 4.57. The van der Waals surface area contributed by atoms with Gasteiger partial charge in [-0.3, -0.25) is 24.5 Å². The number of carbonyl (C=O) groups excluding carboxylic acids is 4. The quantitative estimate of drug-likeness (QED) is 0.551. The number of piperazine rings is 1. The van der Waals surface area contributed by atoms with E-state index in [0.717, 1.165) is 11.3 Å². The van der Waals surface area contributed by atoms with Crippen LogP contribution < -0.4 is 15.5 Å². The molecule has 172 valence electrons. The Balaban J connectivity index is 1.35. The second-order valence-electron chi connectivity index (χ2n) is 8.46. The molecular formula is C25H28N4O4. The molecule has 8 heteroatoms. The van der Waals surface area contributed by atoms with Gasteiger partial charge in [-0.1, -0.05) is 37.3 Å². The van der Waals surface area contributed by atoms with Gasteiger partial charge in [-0.25, -0.2) is 0 Å². The van der Waals surface area contributed by atoms with Crippen LogP contribution in [0, 0.1) is 0 Å². The Morgan fingerprint density at radius 2 is 1.64 bits per heavy atom. The van der Waals surface area contributed by atoms with Crippen LogP contribution in [0.15, 0.2) is 54.6 Å². The molecule has 0 bridgehead atoms. The smallest absolute Gasteiger partial charge is 0.313 e. The van der Waals surface area contributed by atoms with Crippen molar-refractivity contribution in [1.82, 2.24) is 10.2 Å². The van der Waals surface area contributed by atoms with Gasteiger partial charge in [-0.15, -0.1) is 0 Å². The van der Waals surface area contributed by atoms with Crippen molar-refractivity contribution in [2.45, 2.75) is 31.6 Å². The number of para-hydroxylation sites is 1. The van der Waals surface area contributed by atoms with E-state index in [2.05, 4.69) is 15.5 Å². The van der Waals surface area contributed by atoms with E-state index in [9.17, 15) is 19.2 Å². The Morgan fingerprint density at radius 3 is 2.24 bits per heavy atom. The Bertz CT molecular complexity index is 1050. The van der Waals surface area contributed by atoms with Gasteiger partial charge >= 0.3 is 11.8 Å². The summed E-state index contributed by atoms with van der Waals surface area (Å²) in [6.07, 6.45) is 1.31. The predicted molar refractivity (Wildman–Crippen MR) is 125 cm³/mol. The number of anilines is 2. The molecule has 2 fully saturated rings. The summed E-state index contributed by atoms with van der Waals surface area (Å²) in [5.41, 5.74) is 1.62. The van der Waals surface area contributed by atoms with Crippen LogP contribution in [0.2, 0.25) is 0 Å². The van der Waals surface area contributed by atoms with Gasteiger partial charge < -0.3 is 15.1 Å². The average molecular weight is 449 g/mol. The molecule has 2 aliphatic rings. The molecule has 2 saturated heterocycles. The highest BCUT2D eigenvalue weighted by atomic mass is 16.2. The summed E-state index contributed by atoms with van der Waals surface area (Å²) in [7, 11) is 0. The standard InChI is InChI=1S/C25H28N4O4/c1-2-25(13-12-21(30)27-24(25)33)18-8-10-19(11-9-18)26-22(31)23(32)29-16-14-28(15-17-29)20-6-4-3-5-7-20/h3-11H,2,12-17H2,1H3,(H,26,31)(H,27,30,33)/t25-/m1/s1. The van der Waals surface area contributed by atoms with Crippen LogP contribution in [0.4, 0.5) is 11.4 Å². The number of rotatable bonds is 4. The highest BCUT2D eigenvalue weighted by molar-refractivity contribution is 6.39. The van der Waals surface area contributed by atoms with Gasteiger partial charge in [0.2, 0.25) is 11.8 Å². The monoisotopic (exact) mass is 448 g/mol. The highest BCUT2D eigenvalue weighted by Gasteiger charge is 2.42. The molecule has 2 aliphatic heterocycles. The van der Waals surface area contributed by atoms with Crippen molar-refractivity contribution in [3.8, 4) is 0 Å². The van der Waals surface area contributed by atoms with Gasteiger partial charge in [0, 0.05) is 44.0 Å². The molecule has 0 aliphatic carbocycles. The minimum atomic E-state index is -0.759. The van der Waals surface area contributed by atoms with Crippen LogP contribution in [0.25, 0.3) is 0 Å². The van der Waals surface area contributed by atoms with Crippen molar-refractivity contribution in [3.05, 3.63) is 60.2 Å². The third-order valence-corrected chi connectivity index (χ3v) is 6.65. The van der Waals surface area contributed by atoms with E-state index in [1.54, 1.807) is 29.2 Å². The van der Waals surface area contributed by atoms with E-state index in [4.69, 9.17) is 0 Å². The largest absolute Gasteiger partial charge is 0.368 e. The second kappa shape index (κ2) is 9.44. The topological polar surface area (TPSA) is 98.8 Å². The molecule has 0 aromatic heterocycles. The molecule has 33 heavy (non-hydrogen) atoms. The number of imide groups is 1. The lowest BCUT2D eigenvalue weighted by Gasteiger charge is -2.35. The SMILES string of the molecule is CC[C@]1(c2ccc(NC(=O)C(=O)N3CCN(c4ccccc4)CC3)cc2)CCC(=O)NC1=O. The maximum absolute atomic E-state index is 12.6. The summed E-state index contributed by atoms with van der Waals surface area (Å²) in [4.78, 5) is 53.0. The molecular weight excluding hydrogens is 420 g/mol. The van der Waals surface area contributed by atoms with Crippen LogP contribution in [-0.2, 0) is 24.6 Å². The third kappa shape index (κ3) is 4.60. The summed E-state index contributed by atoms with van der Waals surface area (Å²) in [6, 6.07) is 16.9. The van der Waals surface area contributed by atoms with Crippen LogP contribution in [0.5, 0.6) is 0 Å². The molecule has 0 spiro atoms. The maximum atomic E-state index is 12.6. The van der Waals surface area contributed by atoms with Crippen LogP contribution >= 0.6 is 0 Å². The lowest BCUT2D eigenvalue weighted by atomic mass is 9.72. The number of piperidine rings is 1. The lowest BCUT2D eigenvalue weighted by Crippen LogP contribution is -2.51. The van der Waals surface area contributed by atoms with E-state index in [1.807, 2.05) is 37.3 Å². The Hall–Kier alpha value is -3.68. The van der Waals surface area contributed by atoms with Crippen molar-refractivity contribution in [3.63, 3.8) is 0 Å². The lowest BCUT2D eigenvalue weighted by molar-refractivity contribution is -0.143. The molecule has 4 rings (SSSR count). The number of amides is 4. The Kier molecular flexibility index (Phi) is 6.44. The fraction of sp³-hybridized carbons (Fsp3) is 0.360. The maximum Gasteiger partial charge on any atom is 0.313 e. The van der Waals surface area contributed by atoms with Gasteiger partial charge in [0.05, 0.1) is 5.41 Å². The first kappa shape index (κ1) is 22.5. The van der Waals surface area contributed by atoms with Gasteiger partial charge in [-0.2, -0.15) is 0 Å². The molecule has 0 unspecified atom stereocenters. The van der Waals surface area contributed by atoms with E-state index < -0.39 is 17.2 Å². The first-order valence-electron chi connectivity index (χ1n) is 11.3. The molecule has 2 N–H and O–H groups in total. The van der Waals surface area contributed by atoms with Crippen LogP contribution in [-0.4, -0.2) is 54.7 Å². The summed E-state index contributed by atoms with van der Waals surface area (Å²) in [6.45, 7) is 4.21. The first-order valence-corrected chi connectivity index (χ1v) is 11.3. The van der Waals surface area contributed by atoms with E-state index >= 15 is 0 Å². The number of hydrogen-bond acceptors (Lipinski definition) is 5. The zero-order valence-electron chi connectivity index (χ0n) is 18.7. The zero-order chi connectivity index (χ0) is 23.4. The molecule has 4 amide bonds. The fourth-order valence-electron chi connectivity index (χ4n) is 4.57. The van der Waals surface area contributed by atoms with Crippen molar-refractivity contribution in [1.29, 1.82) is 0 Å². The number of carbonyl (C=O) groups is 4. The average Bonchev–Trinajstić information content (AvgIpc) is 2.85. The molecule has 1 atom stereocenters. The molecule has 2 heterocycles. The summed E-state index contributed by atoms with van der Waals surface area (Å²) < 4.78 is 0. The number of benzene rings is 2. The van der Waals surface area contributed by atoms with E-state index in [0.29, 0.717) is 51.1 Å². The molecule has 0 saturated carbocycles. The molecule has 2 aromatic carbocycles. The second-order valence-corrected chi connectivity index (χ2v) is 8.46. The van der Waals surface area contributed by atoms with Crippen molar-refractivity contribution >= 4 is 35.0 Å². The minimum Gasteiger partial charge on any atom is -0.368 e. The molecule has 0 radical (unpaired) electrons. The molecule has 8 nitrogen and oxygen atoms in total. The zero-order valence-corrected chi connectivity index (χ0v) is 18.7. The van der Waals surface area contributed by atoms with Gasteiger partial charge in [0.25, 0.3) is 0 Å². The molecule has 2 aromatic rings. The van der Waals surface area contributed by atoms with Crippen molar-refractivity contribution in [2.24, 2.45) is 0 Å². The Morgan fingerprint density at radius 1 is 0.970 bits per heavy atom. The van der Waals surface area contributed by atoms with Crippen molar-refractivity contribution < 1.29 is 19.2 Å². The number of hydrogen-bond donors (Lipinski definition) is 2. The van der Waals surface area contributed by atoms with Gasteiger partial charge in [0.1, 0.15) is 0 Å². The predicted octanol–water partition coefficient (Wildman–Crippen LogP) is 2.06. The first-order chi connectivity index (χ1) is 15.9. The minimum absolute atomic E-state index is 0.254. The van der Waals surface area contributed by atoms with Crippen LogP contribution in [0.3, 0.4) is 0 Å². The number of nitrogens with zero attached hydrogens (tertiary/aromatic N) is 2. The Labute approximate surface area is 192 Å². The number of nitrogens with one attached hydrogen (secondary N) is 2.